The van der Waals surface area contributed by atoms with Crippen molar-refractivity contribution in [2.75, 3.05) is 20.3 Å². The Bertz CT molecular complexity index is 699. The van der Waals surface area contributed by atoms with E-state index >= 15 is 0 Å². The molecule has 6 heteroatoms. The molecule has 4 rings (SSSR count). The fraction of sp³-hybridized carbons (Fsp3) is 0.647. The zero-order valence-electron chi connectivity index (χ0n) is 13.6. The average molecular weight is 337 g/mol. The zero-order valence-corrected chi connectivity index (χ0v) is 14.4. The normalized spacial score (nSPS) is 36.6. The van der Waals surface area contributed by atoms with Crippen LogP contribution in [-0.4, -0.2) is 56.2 Å². The standard InChI is InChI=1S/C17H23NO4S/c1-16(23(19,20)13-6-4-3-5-7-13)12-15-17(21-10-11-22-17)9-8-14(16)18(15)2/h3-7,14-15H,8-12H2,1-2H3. The molecule has 0 saturated carbocycles. The molecule has 1 aromatic rings. The minimum atomic E-state index is -3.42. The maximum Gasteiger partial charge on any atom is 0.185 e. The van der Waals surface area contributed by atoms with Gasteiger partial charge in [-0.15, -0.1) is 0 Å². The summed E-state index contributed by atoms with van der Waals surface area (Å²) in [6, 6.07) is 8.79. The van der Waals surface area contributed by atoms with E-state index in [-0.39, 0.29) is 12.1 Å². The Morgan fingerprint density at radius 3 is 2.43 bits per heavy atom. The highest BCUT2D eigenvalue weighted by Crippen LogP contribution is 2.52. The van der Waals surface area contributed by atoms with Crippen LogP contribution in [0.4, 0.5) is 0 Å². The average Bonchev–Trinajstić information content (AvgIpc) is 3.07. The first-order valence-electron chi connectivity index (χ1n) is 8.20. The van der Waals surface area contributed by atoms with Crippen LogP contribution >= 0.6 is 0 Å². The molecular formula is C17H23NO4S. The van der Waals surface area contributed by atoms with Crippen LogP contribution in [0.25, 0.3) is 0 Å². The summed E-state index contributed by atoms with van der Waals surface area (Å²) in [5.74, 6) is -0.616. The van der Waals surface area contributed by atoms with Crippen molar-refractivity contribution in [2.45, 2.75) is 53.7 Å². The van der Waals surface area contributed by atoms with Crippen LogP contribution in [0.3, 0.4) is 0 Å². The van der Waals surface area contributed by atoms with Gasteiger partial charge in [-0.25, -0.2) is 8.42 Å². The number of hydrogen-bond acceptors (Lipinski definition) is 5. The number of fused-ring (bicyclic) bond motifs is 3. The first kappa shape index (κ1) is 15.6. The summed E-state index contributed by atoms with van der Waals surface area (Å²) in [6.07, 6.45) is 2.09. The van der Waals surface area contributed by atoms with Gasteiger partial charge in [0.15, 0.2) is 15.6 Å². The minimum Gasteiger partial charge on any atom is -0.346 e. The lowest BCUT2D eigenvalue weighted by Gasteiger charge is -2.44. The van der Waals surface area contributed by atoms with E-state index in [0.717, 1.165) is 12.8 Å². The van der Waals surface area contributed by atoms with E-state index in [1.807, 2.05) is 20.0 Å². The summed E-state index contributed by atoms with van der Waals surface area (Å²) in [4.78, 5) is 2.58. The molecule has 3 aliphatic heterocycles. The number of rotatable bonds is 2. The van der Waals surface area contributed by atoms with Gasteiger partial charge in [0, 0.05) is 12.5 Å². The molecule has 23 heavy (non-hydrogen) atoms. The fourth-order valence-electron chi connectivity index (χ4n) is 4.76. The molecule has 3 saturated heterocycles. The Morgan fingerprint density at radius 1 is 1.13 bits per heavy atom. The molecule has 0 amide bonds. The van der Waals surface area contributed by atoms with E-state index in [1.165, 1.54) is 0 Å². The van der Waals surface area contributed by atoms with Crippen LogP contribution in [0.5, 0.6) is 0 Å². The lowest BCUT2D eigenvalue weighted by atomic mass is 9.96. The highest BCUT2D eigenvalue weighted by atomic mass is 32.2. The number of ether oxygens (including phenoxy) is 2. The lowest BCUT2D eigenvalue weighted by molar-refractivity contribution is -0.215. The van der Waals surface area contributed by atoms with Crippen LogP contribution in [0, 0.1) is 0 Å². The van der Waals surface area contributed by atoms with Crippen LogP contribution in [-0.2, 0) is 19.3 Å². The Labute approximate surface area is 137 Å². The molecule has 5 nitrogen and oxygen atoms in total. The van der Waals surface area contributed by atoms with Crippen LogP contribution < -0.4 is 0 Å². The SMILES string of the molecule is CN1C2CC(C)(S(=O)(=O)c3ccccc3)C1CCC21OCCO1. The molecule has 3 heterocycles. The van der Waals surface area contributed by atoms with Gasteiger partial charge in [-0.05, 0) is 38.9 Å². The first-order valence-corrected chi connectivity index (χ1v) is 9.69. The lowest BCUT2D eigenvalue weighted by Crippen LogP contribution is -2.56. The van der Waals surface area contributed by atoms with Gasteiger partial charge in [0.1, 0.15) is 0 Å². The third-order valence-electron chi connectivity index (χ3n) is 6.00. The van der Waals surface area contributed by atoms with Crippen molar-refractivity contribution in [3.63, 3.8) is 0 Å². The first-order chi connectivity index (χ1) is 10.9. The van der Waals surface area contributed by atoms with Crippen LogP contribution in [0.2, 0.25) is 0 Å². The molecule has 2 bridgehead atoms. The molecule has 0 N–H and O–H groups in total. The fourth-order valence-corrected chi connectivity index (χ4v) is 6.83. The maximum atomic E-state index is 13.3. The van der Waals surface area contributed by atoms with Crippen molar-refractivity contribution < 1.29 is 17.9 Å². The molecule has 3 atom stereocenters. The van der Waals surface area contributed by atoms with Crippen LogP contribution in [0.15, 0.2) is 35.2 Å². The third kappa shape index (κ3) is 1.98. The van der Waals surface area contributed by atoms with E-state index in [2.05, 4.69) is 4.90 Å². The van der Waals surface area contributed by atoms with Crippen molar-refractivity contribution in [2.24, 2.45) is 0 Å². The smallest absolute Gasteiger partial charge is 0.185 e. The van der Waals surface area contributed by atoms with E-state index < -0.39 is 20.4 Å². The molecule has 1 spiro atoms. The van der Waals surface area contributed by atoms with Crippen molar-refractivity contribution >= 4 is 9.84 Å². The Morgan fingerprint density at radius 2 is 1.78 bits per heavy atom. The van der Waals surface area contributed by atoms with Crippen LogP contribution in [0.1, 0.15) is 26.2 Å². The van der Waals surface area contributed by atoms with Crippen molar-refractivity contribution in [3.05, 3.63) is 30.3 Å². The summed E-state index contributed by atoms with van der Waals surface area (Å²) in [5.41, 5.74) is 0. The Hall–Kier alpha value is -0.950. The predicted octanol–water partition coefficient (Wildman–Crippen LogP) is 1.83. The molecule has 3 unspecified atom stereocenters. The van der Waals surface area contributed by atoms with Gasteiger partial charge in [0.05, 0.1) is 28.9 Å². The molecule has 0 aliphatic carbocycles. The number of nitrogens with zero attached hydrogens (tertiary/aromatic N) is 1. The Balaban J connectivity index is 1.76. The minimum absolute atomic E-state index is 0.00358. The summed E-state index contributed by atoms with van der Waals surface area (Å²) in [7, 11) is -1.42. The summed E-state index contributed by atoms with van der Waals surface area (Å²) < 4.78 is 37.7. The van der Waals surface area contributed by atoms with E-state index in [4.69, 9.17) is 9.47 Å². The number of sulfone groups is 1. The van der Waals surface area contributed by atoms with Crippen molar-refractivity contribution in [1.82, 2.24) is 4.90 Å². The highest BCUT2D eigenvalue weighted by Gasteiger charge is 2.65. The topological polar surface area (TPSA) is 55.8 Å². The van der Waals surface area contributed by atoms with Gasteiger partial charge >= 0.3 is 0 Å². The predicted molar refractivity (Wildman–Crippen MR) is 85.9 cm³/mol. The summed E-state index contributed by atoms with van der Waals surface area (Å²) in [5, 5.41) is 0. The molecular weight excluding hydrogens is 314 g/mol. The quantitative estimate of drug-likeness (QED) is 0.824. The van der Waals surface area contributed by atoms with E-state index in [0.29, 0.717) is 24.5 Å². The second-order valence-corrected chi connectivity index (χ2v) is 9.49. The number of likely N-dealkylation sites (N-methyl/N-ethyl adjacent to an activating group) is 1. The molecule has 126 valence electrons. The summed E-state index contributed by atoms with van der Waals surface area (Å²) >= 11 is 0. The highest BCUT2D eigenvalue weighted by molar-refractivity contribution is 7.93. The van der Waals surface area contributed by atoms with Gasteiger partial charge in [-0.1, -0.05) is 18.2 Å². The van der Waals surface area contributed by atoms with Gasteiger partial charge in [-0.2, -0.15) is 0 Å². The maximum absolute atomic E-state index is 13.3. The zero-order chi connectivity index (χ0) is 16.3. The van der Waals surface area contributed by atoms with E-state index in [1.54, 1.807) is 24.3 Å². The van der Waals surface area contributed by atoms with Gasteiger partial charge in [0.25, 0.3) is 0 Å². The van der Waals surface area contributed by atoms with Gasteiger partial charge < -0.3 is 9.47 Å². The number of hydrogen-bond donors (Lipinski definition) is 0. The van der Waals surface area contributed by atoms with Crippen molar-refractivity contribution in [1.29, 1.82) is 0 Å². The van der Waals surface area contributed by atoms with Crippen molar-refractivity contribution in [3.8, 4) is 0 Å². The molecule has 3 fully saturated rings. The third-order valence-corrected chi connectivity index (χ3v) is 8.56. The second-order valence-electron chi connectivity index (χ2n) is 7.08. The number of benzene rings is 1. The molecule has 0 radical (unpaired) electrons. The van der Waals surface area contributed by atoms with Gasteiger partial charge in [0.2, 0.25) is 0 Å². The second kappa shape index (κ2) is 5.02. The van der Waals surface area contributed by atoms with Gasteiger partial charge in [-0.3, -0.25) is 4.90 Å². The monoisotopic (exact) mass is 337 g/mol. The molecule has 3 aliphatic rings. The summed E-state index contributed by atoms with van der Waals surface area (Å²) in [6.45, 7) is 3.08. The molecule has 1 aromatic carbocycles. The Kier molecular flexibility index (Phi) is 3.40. The largest absolute Gasteiger partial charge is 0.346 e. The van der Waals surface area contributed by atoms with E-state index in [9.17, 15) is 8.42 Å². The molecule has 0 aromatic heterocycles. The number of piperidine rings is 1.